The lowest BCUT2D eigenvalue weighted by Crippen LogP contribution is -2.14. The third-order valence-corrected chi connectivity index (χ3v) is 5.38. The van der Waals surface area contributed by atoms with Crippen LogP contribution in [0, 0.1) is 23.6 Å². The zero-order valence-corrected chi connectivity index (χ0v) is 11.9. The highest BCUT2D eigenvalue weighted by Gasteiger charge is 2.40. The number of hydrogen-bond acceptors (Lipinski definition) is 1. The molecule has 4 atom stereocenters. The highest BCUT2D eigenvalue weighted by molar-refractivity contribution is 9.10. The standard InChI is InChI=1S/C15H18BrFO/c16-13-4-3-11(7-14(13)17)15(18)8-12-6-9-1-2-10(12)5-9/h3-4,7,9-10,12,15,18H,1-2,5-6,8H2. The molecular formula is C15H18BrFO. The van der Waals surface area contributed by atoms with Crippen LogP contribution in [0.1, 0.15) is 43.8 Å². The van der Waals surface area contributed by atoms with Crippen molar-refractivity contribution in [3.8, 4) is 0 Å². The third kappa shape index (κ3) is 2.35. The summed E-state index contributed by atoms with van der Waals surface area (Å²) in [5, 5.41) is 10.2. The number of benzene rings is 1. The summed E-state index contributed by atoms with van der Waals surface area (Å²) < 4.78 is 13.9. The predicted octanol–water partition coefficient (Wildman–Crippen LogP) is 4.45. The summed E-state index contributed by atoms with van der Waals surface area (Å²) in [6, 6.07) is 4.93. The van der Waals surface area contributed by atoms with E-state index in [1.54, 1.807) is 6.07 Å². The third-order valence-electron chi connectivity index (χ3n) is 4.74. The molecule has 0 aliphatic heterocycles. The number of aliphatic hydroxyl groups excluding tert-OH is 1. The SMILES string of the molecule is OC(CC1CC2CCC1C2)c1ccc(Br)c(F)c1. The molecule has 2 saturated carbocycles. The van der Waals surface area contributed by atoms with Gasteiger partial charge in [-0.15, -0.1) is 0 Å². The van der Waals surface area contributed by atoms with Gasteiger partial charge in [-0.05, 0) is 77.1 Å². The van der Waals surface area contributed by atoms with Gasteiger partial charge in [0.1, 0.15) is 5.82 Å². The Kier molecular flexibility index (Phi) is 3.46. The van der Waals surface area contributed by atoms with Gasteiger partial charge in [-0.2, -0.15) is 0 Å². The molecule has 1 nitrogen and oxygen atoms in total. The minimum absolute atomic E-state index is 0.292. The fourth-order valence-electron chi connectivity index (χ4n) is 3.81. The molecule has 2 fully saturated rings. The molecule has 2 aliphatic carbocycles. The van der Waals surface area contributed by atoms with Crippen molar-refractivity contribution in [3.63, 3.8) is 0 Å². The first kappa shape index (κ1) is 12.6. The summed E-state index contributed by atoms with van der Waals surface area (Å²) in [5.41, 5.74) is 0.707. The lowest BCUT2D eigenvalue weighted by atomic mass is 9.83. The Morgan fingerprint density at radius 3 is 2.78 bits per heavy atom. The van der Waals surface area contributed by atoms with Gasteiger partial charge in [-0.25, -0.2) is 4.39 Å². The average Bonchev–Trinajstić information content (AvgIpc) is 2.94. The van der Waals surface area contributed by atoms with Crippen molar-refractivity contribution in [3.05, 3.63) is 34.1 Å². The molecule has 0 radical (unpaired) electrons. The first-order chi connectivity index (χ1) is 8.63. The van der Waals surface area contributed by atoms with Gasteiger partial charge < -0.3 is 5.11 Å². The maximum absolute atomic E-state index is 13.4. The van der Waals surface area contributed by atoms with E-state index in [1.807, 2.05) is 6.07 Å². The van der Waals surface area contributed by atoms with Crippen molar-refractivity contribution in [1.82, 2.24) is 0 Å². The van der Waals surface area contributed by atoms with Crippen molar-refractivity contribution >= 4 is 15.9 Å². The molecule has 3 heteroatoms. The molecular weight excluding hydrogens is 295 g/mol. The van der Waals surface area contributed by atoms with Gasteiger partial charge in [0.25, 0.3) is 0 Å². The van der Waals surface area contributed by atoms with E-state index in [9.17, 15) is 9.50 Å². The second-order valence-electron chi connectivity index (χ2n) is 5.86. The Balaban J connectivity index is 1.67. The second-order valence-corrected chi connectivity index (χ2v) is 6.71. The van der Waals surface area contributed by atoms with Gasteiger partial charge in [0.05, 0.1) is 10.6 Å². The van der Waals surface area contributed by atoms with Crippen molar-refractivity contribution < 1.29 is 9.50 Å². The van der Waals surface area contributed by atoms with Crippen molar-refractivity contribution in [2.75, 3.05) is 0 Å². The van der Waals surface area contributed by atoms with E-state index in [4.69, 9.17) is 0 Å². The zero-order chi connectivity index (χ0) is 12.7. The molecule has 0 saturated heterocycles. The first-order valence-corrected chi connectivity index (χ1v) is 7.56. The van der Waals surface area contributed by atoms with Crippen molar-refractivity contribution in [2.45, 2.75) is 38.2 Å². The predicted molar refractivity (Wildman–Crippen MR) is 72.6 cm³/mol. The lowest BCUT2D eigenvalue weighted by Gasteiger charge is -2.24. The van der Waals surface area contributed by atoms with Crippen molar-refractivity contribution in [1.29, 1.82) is 0 Å². The summed E-state index contributed by atoms with van der Waals surface area (Å²) in [6.45, 7) is 0. The zero-order valence-electron chi connectivity index (χ0n) is 10.3. The molecule has 0 spiro atoms. The Morgan fingerprint density at radius 1 is 1.33 bits per heavy atom. The summed E-state index contributed by atoms with van der Waals surface area (Å²) in [7, 11) is 0. The van der Waals surface area contributed by atoms with Gasteiger partial charge in [0.15, 0.2) is 0 Å². The van der Waals surface area contributed by atoms with Crippen LogP contribution in [-0.4, -0.2) is 5.11 Å². The molecule has 0 amide bonds. The van der Waals surface area contributed by atoms with E-state index in [0.29, 0.717) is 16.0 Å². The molecule has 18 heavy (non-hydrogen) atoms. The average molecular weight is 313 g/mol. The highest BCUT2D eigenvalue weighted by atomic mass is 79.9. The van der Waals surface area contributed by atoms with Crippen LogP contribution >= 0.6 is 15.9 Å². The smallest absolute Gasteiger partial charge is 0.137 e. The number of aliphatic hydroxyl groups is 1. The van der Waals surface area contributed by atoms with Crippen LogP contribution in [0.5, 0.6) is 0 Å². The minimum atomic E-state index is -0.517. The Labute approximate surface area is 116 Å². The van der Waals surface area contributed by atoms with Crippen LogP contribution in [0.2, 0.25) is 0 Å². The fraction of sp³-hybridized carbons (Fsp3) is 0.600. The first-order valence-electron chi connectivity index (χ1n) is 6.76. The van der Waals surface area contributed by atoms with Gasteiger partial charge in [0.2, 0.25) is 0 Å². The van der Waals surface area contributed by atoms with E-state index < -0.39 is 6.10 Å². The second kappa shape index (κ2) is 4.93. The molecule has 0 heterocycles. The van der Waals surface area contributed by atoms with E-state index in [1.165, 1.54) is 31.7 Å². The van der Waals surface area contributed by atoms with Gasteiger partial charge in [-0.3, -0.25) is 0 Å². The Morgan fingerprint density at radius 2 is 2.17 bits per heavy atom. The maximum Gasteiger partial charge on any atom is 0.137 e. The summed E-state index contributed by atoms with van der Waals surface area (Å²) in [4.78, 5) is 0. The largest absolute Gasteiger partial charge is 0.388 e. The van der Waals surface area contributed by atoms with Crippen LogP contribution in [0.25, 0.3) is 0 Å². The van der Waals surface area contributed by atoms with Gasteiger partial charge in [0, 0.05) is 0 Å². The number of rotatable bonds is 3. The monoisotopic (exact) mass is 312 g/mol. The van der Waals surface area contributed by atoms with E-state index >= 15 is 0 Å². The normalized spacial score (nSPS) is 31.8. The van der Waals surface area contributed by atoms with Crippen LogP contribution in [0.4, 0.5) is 4.39 Å². The summed E-state index contributed by atoms with van der Waals surface area (Å²) >= 11 is 3.14. The summed E-state index contributed by atoms with van der Waals surface area (Å²) in [5.74, 6) is 2.06. The molecule has 1 aromatic rings. The van der Waals surface area contributed by atoms with Gasteiger partial charge in [-0.1, -0.05) is 12.5 Å². The Hall–Kier alpha value is -0.410. The van der Waals surface area contributed by atoms with Crippen LogP contribution in [0.15, 0.2) is 22.7 Å². The number of fused-ring (bicyclic) bond motifs is 2. The molecule has 1 N–H and O–H groups in total. The van der Waals surface area contributed by atoms with E-state index in [2.05, 4.69) is 15.9 Å². The molecule has 3 rings (SSSR count). The minimum Gasteiger partial charge on any atom is -0.388 e. The summed E-state index contributed by atoms with van der Waals surface area (Å²) in [6.07, 6.45) is 5.60. The fourth-order valence-corrected chi connectivity index (χ4v) is 4.05. The molecule has 0 aromatic heterocycles. The molecule has 2 bridgehead atoms. The lowest BCUT2D eigenvalue weighted by molar-refractivity contribution is 0.125. The van der Waals surface area contributed by atoms with Crippen molar-refractivity contribution in [2.24, 2.45) is 17.8 Å². The maximum atomic E-state index is 13.4. The highest BCUT2D eigenvalue weighted by Crippen LogP contribution is 2.50. The number of halogens is 2. The topological polar surface area (TPSA) is 20.2 Å². The van der Waals surface area contributed by atoms with E-state index in [0.717, 1.165) is 18.3 Å². The van der Waals surface area contributed by atoms with Crippen LogP contribution in [-0.2, 0) is 0 Å². The van der Waals surface area contributed by atoms with E-state index in [-0.39, 0.29) is 5.82 Å². The van der Waals surface area contributed by atoms with Crippen LogP contribution in [0.3, 0.4) is 0 Å². The number of hydrogen-bond donors (Lipinski definition) is 1. The molecule has 98 valence electrons. The molecule has 1 aromatic carbocycles. The van der Waals surface area contributed by atoms with Gasteiger partial charge >= 0.3 is 0 Å². The quantitative estimate of drug-likeness (QED) is 0.874. The molecule has 2 aliphatic rings. The van der Waals surface area contributed by atoms with Crippen LogP contribution < -0.4 is 0 Å². The molecule has 4 unspecified atom stereocenters. The Bertz CT molecular complexity index is 448.